The van der Waals surface area contributed by atoms with Crippen molar-refractivity contribution in [2.45, 2.75) is 40.5 Å². The van der Waals surface area contributed by atoms with E-state index in [0.29, 0.717) is 18.5 Å². The number of nitrogens with one attached hydrogen (secondary N) is 2. The Bertz CT molecular complexity index is 601. The number of benzene rings is 1. The van der Waals surface area contributed by atoms with Crippen LogP contribution in [0.4, 0.5) is 17.1 Å². The van der Waals surface area contributed by atoms with E-state index in [1.807, 2.05) is 13.8 Å². The summed E-state index contributed by atoms with van der Waals surface area (Å²) in [7, 11) is 0. The maximum atomic E-state index is 11.9. The SMILES string of the molecule is CC[C@@H](C)C(=O)Nc1ccc(NC(=O)[C@@H](C)CC)c([N+](=O)[O-])c1. The first-order valence-corrected chi connectivity index (χ1v) is 7.70. The van der Waals surface area contributed by atoms with Crippen LogP contribution in [0.25, 0.3) is 0 Å². The Morgan fingerprint density at radius 2 is 1.61 bits per heavy atom. The summed E-state index contributed by atoms with van der Waals surface area (Å²) in [5.41, 5.74) is 0.217. The van der Waals surface area contributed by atoms with Crippen LogP contribution in [0.3, 0.4) is 0 Å². The number of carbonyl (C=O) groups excluding carboxylic acids is 2. The van der Waals surface area contributed by atoms with E-state index in [0.717, 1.165) is 0 Å². The molecule has 0 spiro atoms. The van der Waals surface area contributed by atoms with E-state index < -0.39 is 4.92 Å². The molecule has 1 aromatic rings. The third-order valence-corrected chi connectivity index (χ3v) is 3.84. The second kappa shape index (κ2) is 8.26. The van der Waals surface area contributed by atoms with Crippen molar-refractivity contribution in [2.75, 3.05) is 10.6 Å². The van der Waals surface area contributed by atoms with E-state index >= 15 is 0 Å². The Hall–Kier alpha value is -2.44. The molecule has 7 heteroatoms. The van der Waals surface area contributed by atoms with E-state index in [-0.39, 0.29) is 35.0 Å². The highest BCUT2D eigenvalue weighted by molar-refractivity contribution is 5.96. The Balaban J connectivity index is 3.01. The number of rotatable bonds is 7. The van der Waals surface area contributed by atoms with Gasteiger partial charge in [-0.2, -0.15) is 0 Å². The molecule has 0 aliphatic rings. The van der Waals surface area contributed by atoms with Crippen LogP contribution in [-0.4, -0.2) is 16.7 Å². The minimum Gasteiger partial charge on any atom is -0.326 e. The highest BCUT2D eigenvalue weighted by Crippen LogP contribution is 2.28. The predicted octanol–water partition coefficient (Wildman–Crippen LogP) is 3.56. The predicted molar refractivity (Wildman–Crippen MR) is 89.3 cm³/mol. The van der Waals surface area contributed by atoms with Gasteiger partial charge in [-0.05, 0) is 25.0 Å². The van der Waals surface area contributed by atoms with Crippen LogP contribution >= 0.6 is 0 Å². The second-order valence-electron chi connectivity index (χ2n) is 5.59. The summed E-state index contributed by atoms with van der Waals surface area (Å²) in [5.74, 6) is -0.886. The van der Waals surface area contributed by atoms with Crippen molar-refractivity contribution in [3.8, 4) is 0 Å². The van der Waals surface area contributed by atoms with Gasteiger partial charge in [-0.1, -0.05) is 27.7 Å². The van der Waals surface area contributed by atoms with Gasteiger partial charge >= 0.3 is 0 Å². The topological polar surface area (TPSA) is 101 Å². The Labute approximate surface area is 135 Å². The molecular formula is C16H23N3O4. The van der Waals surface area contributed by atoms with Crippen LogP contribution in [0, 0.1) is 22.0 Å². The summed E-state index contributed by atoms with van der Waals surface area (Å²) >= 11 is 0. The van der Waals surface area contributed by atoms with Crippen molar-refractivity contribution in [2.24, 2.45) is 11.8 Å². The van der Waals surface area contributed by atoms with Crippen molar-refractivity contribution in [1.29, 1.82) is 0 Å². The number of hydrogen-bond acceptors (Lipinski definition) is 4. The van der Waals surface area contributed by atoms with Gasteiger partial charge in [-0.15, -0.1) is 0 Å². The van der Waals surface area contributed by atoms with Gasteiger partial charge in [0.05, 0.1) is 4.92 Å². The number of hydrogen-bond donors (Lipinski definition) is 2. The largest absolute Gasteiger partial charge is 0.326 e. The lowest BCUT2D eigenvalue weighted by molar-refractivity contribution is -0.383. The Morgan fingerprint density at radius 3 is 2.09 bits per heavy atom. The molecule has 0 heterocycles. The lowest BCUT2D eigenvalue weighted by atomic mass is 10.1. The zero-order valence-electron chi connectivity index (χ0n) is 13.9. The Kier molecular flexibility index (Phi) is 6.68. The van der Waals surface area contributed by atoms with Crippen LogP contribution in [-0.2, 0) is 9.59 Å². The van der Waals surface area contributed by atoms with Crippen LogP contribution in [0.2, 0.25) is 0 Å². The highest BCUT2D eigenvalue weighted by atomic mass is 16.6. The van der Waals surface area contributed by atoms with Gasteiger partial charge in [0.15, 0.2) is 0 Å². The van der Waals surface area contributed by atoms with Crippen LogP contribution in [0.5, 0.6) is 0 Å². The standard InChI is InChI=1S/C16H23N3O4/c1-5-10(3)15(20)17-12-7-8-13(14(9-12)19(22)23)18-16(21)11(4)6-2/h7-11H,5-6H2,1-4H3,(H,17,20)(H,18,21)/t10-,11+/m1/s1. The molecule has 0 saturated heterocycles. The van der Waals surface area contributed by atoms with Crippen molar-refractivity contribution in [1.82, 2.24) is 0 Å². The number of nitrogens with zero attached hydrogens (tertiary/aromatic N) is 1. The third kappa shape index (κ3) is 5.05. The molecule has 2 amide bonds. The minimum atomic E-state index is -0.578. The molecule has 126 valence electrons. The molecular weight excluding hydrogens is 298 g/mol. The monoisotopic (exact) mass is 321 g/mol. The normalized spacial score (nSPS) is 13.0. The molecule has 1 rings (SSSR count). The van der Waals surface area contributed by atoms with Crippen molar-refractivity contribution in [3.05, 3.63) is 28.3 Å². The molecule has 0 radical (unpaired) electrons. The minimum absolute atomic E-state index is 0.127. The first-order chi connectivity index (χ1) is 10.8. The average Bonchev–Trinajstić information content (AvgIpc) is 2.54. The zero-order chi connectivity index (χ0) is 17.6. The summed E-state index contributed by atoms with van der Waals surface area (Å²) < 4.78 is 0. The molecule has 2 N–H and O–H groups in total. The molecule has 0 aliphatic carbocycles. The van der Waals surface area contributed by atoms with Gasteiger partial charge in [0.25, 0.3) is 5.69 Å². The maximum absolute atomic E-state index is 11.9. The summed E-state index contributed by atoms with van der Waals surface area (Å²) in [5, 5.41) is 16.4. The number of nitro groups is 1. The Morgan fingerprint density at radius 1 is 1.09 bits per heavy atom. The van der Waals surface area contributed by atoms with Gasteiger partial charge in [0, 0.05) is 23.6 Å². The number of carbonyl (C=O) groups is 2. The van der Waals surface area contributed by atoms with Crippen molar-refractivity contribution < 1.29 is 14.5 Å². The van der Waals surface area contributed by atoms with Crippen LogP contribution < -0.4 is 10.6 Å². The van der Waals surface area contributed by atoms with Gasteiger partial charge in [0.1, 0.15) is 5.69 Å². The van der Waals surface area contributed by atoms with E-state index in [2.05, 4.69) is 10.6 Å². The first-order valence-electron chi connectivity index (χ1n) is 7.70. The fourth-order valence-electron chi connectivity index (χ4n) is 1.76. The molecule has 0 aliphatic heterocycles. The van der Waals surface area contributed by atoms with E-state index in [9.17, 15) is 19.7 Å². The van der Waals surface area contributed by atoms with Crippen LogP contribution in [0.15, 0.2) is 18.2 Å². The lowest BCUT2D eigenvalue weighted by Crippen LogP contribution is -2.21. The van der Waals surface area contributed by atoms with Gasteiger partial charge in [0.2, 0.25) is 11.8 Å². The van der Waals surface area contributed by atoms with E-state index in [1.165, 1.54) is 12.1 Å². The average molecular weight is 321 g/mol. The second-order valence-corrected chi connectivity index (χ2v) is 5.59. The quantitative estimate of drug-likeness (QED) is 0.592. The number of nitro benzene ring substituents is 1. The lowest BCUT2D eigenvalue weighted by Gasteiger charge is -2.13. The highest BCUT2D eigenvalue weighted by Gasteiger charge is 2.20. The number of anilines is 2. The molecule has 0 aromatic heterocycles. The fourth-order valence-corrected chi connectivity index (χ4v) is 1.76. The fraction of sp³-hybridized carbons (Fsp3) is 0.500. The van der Waals surface area contributed by atoms with Gasteiger partial charge in [-0.25, -0.2) is 0 Å². The van der Waals surface area contributed by atoms with E-state index in [1.54, 1.807) is 19.9 Å². The molecule has 0 fully saturated rings. The summed E-state index contributed by atoms with van der Waals surface area (Å²) in [6.45, 7) is 7.29. The molecule has 7 nitrogen and oxygen atoms in total. The molecule has 0 bridgehead atoms. The van der Waals surface area contributed by atoms with Gasteiger partial charge < -0.3 is 10.6 Å². The molecule has 0 saturated carbocycles. The maximum Gasteiger partial charge on any atom is 0.294 e. The smallest absolute Gasteiger partial charge is 0.294 e. The van der Waals surface area contributed by atoms with Gasteiger partial charge in [-0.3, -0.25) is 19.7 Å². The molecule has 1 aromatic carbocycles. The zero-order valence-corrected chi connectivity index (χ0v) is 13.9. The third-order valence-electron chi connectivity index (χ3n) is 3.84. The molecule has 2 atom stereocenters. The summed E-state index contributed by atoms with van der Waals surface area (Å²) in [6, 6.07) is 4.23. The number of amides is 2. The molecule has 0 unspecified atom stereocenters. The summed E-state index contributed by atoms with van der Waals surface area (Å²) in [6.07, 6.45) is 1.32. The molecule has 23 heavy (non-hydrogen) atoms. The summed E-state index contributed by atoms with van der Waals surface area (Å²) in [4.78, 5) is 34.4. The van der Waals surface area contributed by atoms with Crippen LogP contribution in [0.1, 0.15) is 40.5 Å². The first kappa shape index (κ1) is 18.6. The van der Waals surface area contributed by atoms with E-state index in [4.69, 9.17) is 0 Å². The van der Waals surface area contributed by atoms with Crippen molar-refractivity contribution >= 4 is 28.9 Å². The van der Waals surface area contributed by atoms with Crippen molar-refractivity contribution in [3.63, 3.8) is 0 Å².